The van der Waals surface area contributed by atoms with Crippen molar-refractivity contribution in [2.75, 3.05) is 0 Å². The summed E-state index contributed by atoms with van der Waals surface area (Å²) in [5.74, 6) is 2.42. The third-order valence-corrected chi connectivity index (χ3v) is 2.52. The van der Waals surface area contributed by atoms with Gasteiger partial charge >= 0.3 is 0 Å². The quantitative estimate of drug-likeness (QED) is 0.862. The van der Waals surface area contributed by atoms with Gasteiger partial charge in [0.25, 0.3) is 0 Å². The Labute approximate surface area is 100 Å². The molecule has 0 fully saturated rings. The molecule has 0 radical (unpaired) electrons. The van der Waals surface area contributed by atoms with Gasteiger partial charge in [-0.25, -0.2) is 9.97 Å². The normalized spacial score (nSPS) is 10.8. The molecule has 0 unspecified atom stereocenters. The molecule has 90 valence electrons. The number of nitrogens with zero attached hydrogens (tertiary/aromatic N) is 4. The minimum absolute atomic E-state index is 0.0649. The van der Waals surface area contributed by atoms with E-state index in [2.05, 4.69) is 15.1 Å². The maximum absolute atomic E-state index is 9.08. The highest BCUT2D eigenvalue weighted by molar-refractivity contribution is 5.25. The lowest BCUT2D eigenvalue weighted by molar-refractivity contribution is 0.276. The van der Waals surface area contributed by atoms with Crippen LogP contribution in [0.25, 0.3) is 5.82 Å². The third kappa shape index (κ3) is 2.34. The molecule has 0 aromatic carbocycles. The Balaban J connectivity index is 2.47. The average Bonchev–Trinajstić information content (AvgIpc) is 2.82. The molecular formula is C12H16N4O. The second kappa shape index (κ2) is 5.05. The van der Waals surface area contributed by atoms with Crippen LogP contribution in [0.1, 0.15) is 31.2 Å². The summed E-state index contributed by atoms with van der Waals surface area (Å²) in [5.41, 5.74) is 0.637. The Morgan fingerprint density at radius 3 is 2.65 bits per heavy atom. The van der Waals surface area contributed by atoms with Gasteiger partial charge in [0.2, 0.25) is 0 Å². The van der Waals surface area contributed by atoms with Crippen LogP contribution in [0.3, 0.4) is 0 Å². The Bertz CT molecular complexity index is 507. The molecule has 0 aliphatic carbocycles. The molecule has 0 atom stereocenters. The Kier molecular flexibility index (Phi) is 3.49. The first-order valence-corrected chi connectivity index (χ1v) is 5.80. The van der Waals surface area contributed by atoms with E-state index in [9.17, 15) is 0 Å². The van der Waals surface area contributed by atoms with Gasteiger partial charge in [0.15, 0.2) is 11.6 Å². The molecule has 0 aliphatic heterocycles. The zero-order valence-corrected chi connectivity index (χ0v) is 10.1. The van der Waals surface area contributed by atoms with Crippen LogP contribution in [0.4, 0.5) is 0 Å². The maximum Gasteiger partial charge on any atom is 0.155 e. The lowest BCUT2D eigenvalue weighted by atomic mass is 10.3. The summed E-state index contributed by atoms with van der Waals surface area (Å²) in [6, 6.07) is 5.51. The first-order chi connectivity index (χ1) is 8.28. The lowest BCUT2D eigenvalue weighted by Gasteiger charge is -2.04. The fourth-order valence-corrected chi connectivity index (χ4v) is 1.63. The SMILES string of the molecule is CCc1nc(CC)n(-c2cccc(CO)n2)n1. The van der Waals surface area contributed by atoms with Gasteiger partial charge in [-0.05, 0) is 12.1 Å². The van der Waals surface area contributed by atoms with Crippen molar-refractivity contribution < 1.29 is 5.11 Å². The second-order valence-electron chi connectivity index (χ2n) is 3.71. The zero-order valence-electron chi connectivity index (χ0n) is 10.1. The fraction of sp³-hybridized carbons (Fsp3) is 0.417. The largest absolute Gasteiger partial charge is 0.390 e. The van der Waals surface area contributed by atoms with Crippen LogP contribution in [-0.4, -0.2) is 24.9 Å². The molecular weight excluding hydrogens is 216 g/mol. The van der Waals surface area contributed by atoms with Gasteiger partial charge in [0.1, 0.15) is 5.82 Å². The first-order valence-electron chi connectivity index (χ1n) is 5.80. The zero-order chi connectivity index (χ0) is 12.3. The van der Waals surface area contributed by atoms with E-state index in [0.29, 0.717) is 11.5 Å². The number of pyridine rings is 1. The number of hydrogen-bond acceptors (Lipinski definition) is 4. The van der Waals surface area contributed by atoms with Gasteiger partial charge in [0, 0.05) is 12.8 Å². The van der Waals surface area contributed by atoms with Crippen molar-refractivity contribution in [3.8, 4) is 5.82 Å². The van der Waals surface area contributed by atoms with Crippen LogP contribution >= 0.6 is 0 Å². The van der Waals surface area contributed by atoms with Gasteiger partial charge in [-0.15, -0.1) is 5.10 Å². The van der Waals surface area contributed by atoms with E-state index in [1.165, 1.54) is 0 Å². The third-order valence-electron chi connectivity index (χ3n) is 2.52. The molecule has 0 saturated carbocycles. The smallest absolute Gasteiger partial charge is 0.155 e. The number of rotatable bonds is 4. The van der Waals surface area contributed by atoms with E-state index < -0.39 is 0 Å². The van der Waals surface area contributed by atoms with Crippen molar-refractivity contribution in [3.63, 3.8) is 0 Å². The maximum atomic E-state index is 9.08. The van der Waals surface area contributed by atoms with Crippen LogP contribution in [0, 0.1) is 0 Å². The minimum Gasteiger partial charge on any atom is -0.390 e. The highest BCUT2D eigenvalue weighted by Crippen LogP contribution is 2.09. The van der Waals surface area contributed by atoms with Crippen molar-refractivity contribution in [3.05, 3.63) is 35.5 Å². The summed E-state index contributed by atoms with van der Waals surface area (Å²) in [7, 11) is 0. The molecule has 5 nitrogen and oxygen atoms in total. The van der Waals surface area contributed by atoms with Crippen LogP contribution in [0.2, 0.25) is 0 Å². The van der Waals surface area contributed by atoms with E-state index in [4.69, 9.17) is 5.11 Å². The Morgan fingerprint density at radius 1 is 1.18 bits per heavy atom. The molecule has 2 heterocycles. The fourth-order valence-electron chi connectivity index (χ4n) is 1.63. The van der Waals surface area contributed by atoms with Crippen molar-refractivity contribution in [2.24, 2.45) is 0 Å². The van der Waals surface area contributed by atoms with Gasteiger partial charge in [-0.3, -0.25) is 0 Å². The molecule has 0 aliphatic rings. The number of aliphatic hydroxyl groups is 1. The van der Waals surface area contributed by atoms with E-state index in [-0.39, 0.29) is 6.61 Å². The van der Waals surface area contributed by atoms with E-state index in [1.54, 1.807) is 10.7 Å². The highest BCUT2D eigenvalue weighted by Gasteiger charge is 2.10. The van der Waals surface area contributed by atoms with Crippen molar-refractivity contribution in [1.29, 1.82) is 0 Å². The van der Waals surface area contributed by atoms with Crippen molar-refractivity contribution in [1.82, 2.24) is 19.7 Å². The number of aryl methyl sites for hydroxylation is 2. The summed E-state index contributed by atoms with van der Waals surface area (Å²) in [6.45, 7) is 4.00. The standard InChI is InChI=1S/C12H16N4O/c1-3-10-14-11(4-2)16(15-10)12-7-5-6-9(8-17)13-12/h5-7,17H,3-4,8H2,1-2H3. The predicted molar refractivity (Wildman–Crippen MR) is 63.8 cm³/mol. The number of aliphatic hydroxyl groups excluding tert-OH is 1. The molecule has 2 rings (SSSR count). The molecule has 2 aromatic rings. The second-order valence-corrected chi connectivity index (χ2v) is 3.71. The molecule has 0 spiro atoms. The monoisotopic (exact) mass is 232 g/mol. The van der Waals surface area contributed by atoms with E-state index in [0.717, 1.165) is 24.5 Å². The predicted octanol–water partition coefficient (Wildman–Crippen LogP) is 1.28. The summed E-state index contributed by atoms with van der Waals surface area (Å²) >= 11 is 0. The van der Waals surface area contributed by atoms with Crippen LogP contribution in [-0.2, 0) is 19.4 Å². The van der Waals surface area contributed by atoms with Gasteiger partial charge in [-0.2, -0.15) is 4.68 Å². The molecule has 0 bridgehead atoms. The minimum atomic E-state index is -0.0649. The Hall–Kier alpha value is -1.75. The molecule has 2 aromatic heterocycles. The summed E-state index contributed by atoms with van der Waals surface area (Å²) in [4.78, 5) is 8.76. The van der Waals surface area contributed by atoms with Gasteiger partial charge in [0.05, 0.1) is 12.3 Å². The number of hydrogen-bond donors (Lipinski definition) is 1. The van der Waals surface area contributed by atoms with Crippen molar-refractivity contribution >= 4 is 0 Å². The number of aromatic nitrogens is 4. The topological polar surface area (TPSA) is 63.8 Å². The molecule has 0 saturated heterocycles. The molecule has 5 heteroatoms. The highest BCUT2D eigenvalue weighted by atomic mass is 16.3. The van der Waals surface area contributed by atoms with Crippen LogP contribution in [0.5, 0.6) is 0 Å². The first kappa shape index (κ1) is 11.7. The lowest BCUT2D eigenvalue weighted by Crippen LogP contribution is -2.05. The van der Waals surface area contributed by atoms with Gasteiger partial charge < -0.3 is 5.11 Å². The van der Waals surface area contributed by atoms with Crippen molar-refractivity contribution in [2.45, 2.75) is 33.3 Å². The van der Waals surface area contributed by atoms with E-state index >= 15 is 0 Å². The van der Waals surface area contributed by atoms with Gasteiger partial charge in [-0.1, -0.05) is 19.9 Å². The average molecular weight is 232 g/mol. The molecule has 17 heavy (non-hydrogen) atoms. The summed E-state index contributed by atoms with van der Waals surface area (Å²) in [6.07, 6.45) is 1.61. The molecule has 0 amide bonds. The summed E-state index contributed by atoms with van der Waals surface area (Å²) < 4.78 is 1.75. The summed E-state index contributed by atoms with van der Waals surface area (Å²) in [5, 5.41) is 13.5. The van der Waals surface area contributed by atoms with E-state index in [1.807, 2.05) is 26.0 Å². The van der Waals surface area contributed by atoms with Crippen LogP contribution in [0.15, 0.2) is 18.2 Å². The Morgan fingerprint density at radius 2 is 2.00 bits per heavy atom. The molecule has 1 N–H and O–H groups in total. The van der Waals surface area contributed by atoms with Crippen LogP contribution < -0.4 is 0 Å².